The van der Waals surface area contributed by atoms with Crippen LogP contribution in [0.25, 0.3) is 0 Å². The van der Waals surface area contributed by atoms with Crippen molar-refractivity contribution in [2.75, 3.05) is 20.8 Å². The van der Waals surface area contributed by atoms with E-state index in [9.17, 15) is 13.2 Å². The van der Waals surface area contributed by atoms with E-state index in [0.29, 0.717) is 5.75 Å². The molecule has 0 saturated heterocycles. The van der Waals surface area contributed by atoms with Crippen LogP contribution in [0.2, 0.25) is 0 Å². The van der Waals surface area contributed by atoms with Crippen LogP contribution in [-0.2, 0) is 21.4 Å². The zero-order valence-electron chi connectivity index (χ0n) is 17.2. The molecule has 7 nitrogen and oxygen atoms in total. The lowest BCUT2D eigenvalue weighted by atomic mass is 10.2. The maximum absolute atomic E-state index is 13.5. The van der Waals surface area contributed by atoms with Crippen LogP contribution in [0.15, 0.2) is 53.4 Å². The van der Waals surface area contributed by atoms with Crippen LogP contribution in [0.4, 0.5) is 0 Å². The fraction of sp³-hybridized carbons (Fsp3) is 0.381. The van der Waals surface area contributed by atoms with E-state index in [2.05, 4.69) is 5.32 Å². The minimum Gasteiger partial charge on any atom is -0.497 e. The number of sulfonamides is 1. The van der Waals surface area contributed by atoms with E-state index in [-0.39, 0.29) is 35.7 Å². The summed E-state index contributed by atoms with van der Waals surface area (Å²) in [7, 11) is -1.19. The molecule has 0 unspecified atom stereocenters. The highest BCUT2D eigenvalue weighted by molar-refractivity contribution is 7.89. The number of hydrogen-bond donors (Lipinski definition) is 1. The van der Waals surface area contributed by atoms with Crippen molar-refractivity contribution in [3.05, 3.63) is 54.1 Å². The smallest absolute Gasteiger partial charge is 0.247 e. The Kier molecular flexibility index (Phi) is 8.04. The van der Waals surface area contributed by atoms with Gasteiger partial charge in [-0.05, 0) is 31.0 Å². The van der Waals surface area contributed by atoms with Gasteiger partial charge in [0.1, 0.15) is 16.4 Å². The fourth-order valence-electron chi connectivity index (χ4n) is 2.72. The van der Waals surface area contributed by atoms with E-state index in [1.807, 2.05) is 44.2 Å². The fourth-order valence-corrected chi connectivity index (χ4v) is 4.28. The SMILES string of the molecule is CC[C@H](C)NC(=O)CN(Cc1ccccc1)S(=O)(=O)c1cc(OC)ccc1OC. The summed E-state index contributed by atoms with van der Waals surface area (Å²) in [5, 5.41) is 2.82. The Morgan fingerprint density at radius 1 is 1.10 bits per heavy atom. The Labute approximate surface area is 172 Å². The van der Waals surface area contributed by atoms with Gasteiger partial charge in [0.2, 0.25) is 15.9 Å². The molecule has 0 aliphatic carbocycles. The molecule has 1 N–H and O–H groups in total. The predicted octanol–water partition coefficient (Wildman–Crippen LogP) is 2.81. The molecule has 0 fully saturated rings. The topological polar surface area (TPSA) is 84.9 Å². The number of methoxy groups -OCH3 is 2. The average molecular weight is 421 g/mol. The molecule has 2 rings (SSSR count). The van der Waals surface area contributed by atoms with E-state index >= 15 is 0 Å². The highest BCUT2D eigenvalue weighted by Crippen LogP contribution is 2.31. The van der Waals surface area contributed by atoms with Crippen LogP contribution in [0, 0.1) is 0 Å². The lowest BCUT2D eigenvalue weighted by Crippen LogP contribution is -2.43. The molecule has 0 aromatic heterocycles. The summed E-state index contributed by atoms with van der Waals surface area (Å²) in [6.07, 6.45) is 0.751. The molecule has 1 amide bonds. The normalized spacial score (nSPS) is 12.4. The second-order valence-corrected chi connectivity index (χ2v) is 8.56. The van der Waals surface area contributed by atoms with Gasteiger partial charge in [-0.2, -0.15) is 4.31 Å². The quantitative estimate of drug-likeness (QED) is 0.639. The third-order valence-electron chi connectivity index (χ3n) is 4.53. The third-order valence-corrected chi connectivity index (χ3v) is 6.34. The molecule has 2 aromatic carbocycles. The van der Waals surface area contributed by atoms with Crippen molar-refractivity contribution in [3.63, 3.8) is 0 Å². The van der Waals surface area contributed by atoms with Crippen molar-refractivity contribution in [1.29, 1.82) is 0 Å². The van der Waals surface area contributed by atoms with Gasteiger partial charge in [0, 0.05) is 18.7 Å². The number of rotatable bonds is 10. The minimum atomic E-state index is -4.04. The Morgan fingerprint density at radius 3 is 2.38 bits per heavy atom. The van der Waals surface area contributed by atoms with Crippen LogP contribution in [0.5, 0.6) is 11.5 Å². The Bertz CT molecular complexity index is 916. The first kappa shape index (κ1) is 22.7. The van der Waals surface area contributed by atoms with E-state index in [1.165, 1.54) is 26.4 Å². The van der Waals surface area contributed by atoms with Gasteiger partial charge in [-0.15, -0.1) is 0 Å². The van der Waals surface area contributed by atoms with Crippen molar-refractivity contribution in [2.45, 2.75) is 37.8 Å². The summed E-state index contributed by atoms with van der Waals surface area (Å²) in [6, 6.07) is 13.6. The van der Waals surface area contributed by atoms with Crippen LogP contribution < -0.4 is 14.8 Å². The summed E-state index contributed by atoms with van der Waals surface area (Å²) < 4.78 is 38.6. The highest BCUT2D eigenvalue weighted by Gasteiger charge is 2.30. The number of amides is 1. The monoisotopic (exact) mass is 420 g/mol. The summed E-state index contributed by atoms with van der Waals surface area (Å²) in [5.41, 5.74) is 0.772. The van der Waals surface area contributed by atoms with Crippen molar-refractivity contribution < 1.29 is 22.7 Å². The molecular weight excluding hydrogens is 392 g/mol. The average Bonchev–Trinajstić information content (AvgIpc) is 2.73. The molecule has 0 heterocycles. The van der Waals surface area contributed by atoms with Crippen LogP contribution in [0.3, 0.4) is 0 Å². The maximum Gasteiger partial charge on any atom is 0.247 e. The molecule has 29 heavy (non-hydrogen) atoms. The number of benzene rings is 2. The molecule has 2 aromatic rings. The summed E-state index contributed by atoms with van der Waals surface area (Å²) in [5.74, 6) is 0.208. The Balaban J connectivity index is 2.44. The molecule has 8 heteroatoms. The van der Waals surface area contributed by atoms with Crippen molar-refractivity contribution in [2.24, 2.45) is 0 Å². The maximum atomic E-state index is 13.5. The van der Waals surface area contributed by atoms with Gasteiger partial charge in [-0.1, -0.05) is 37.3 Å². The zero-order valence-corrected chi connectivity index (χ0v) is 18.0. The number of carbonyl (C=O) groups is 1. The molecular formula is C21H28N2O5S. The third kappa shape index (κ3) is 5.95. The number of hydrogen-bond acceptors (Lipinski definition) is 5. The van der Waals surface area contributed by atoms with Gasteiger partial charge < -0.3 is 14.8 Å². The van der Waals surface area contributed by atoms with Gasteiger partial charge in [0.25, 0.3) is 0 Å². The second kappa shape index (κ2) is 10.3. The van der Waals surface area contributed by atoms with Gasteiger partial charge in [0.05, 0.1) is 20.8 Å². The van der Waals surface area contributed by atoms with Crippen molar-refractivity contribution in [3.8, 4) is 11.5 Å². The minimum absolute atomic E-state index is 0.0462. The first-order valence-electron chi connectivity index (χ1n) is 9.37. The van der Waals surface area contributed by atoms with E-state index in [4.69, 9.17) is 9.47 Å². The van der Waals surface area contributed by atoms with E-state index in [0.717, 1.165) is 16.3 Å². The van der Waals surface area contributed by atoms with Gasteiger partial charge >= 0.3 is 0 Å². The van der Waals surface area contributed by atoms with Gasteiger partial charge in [0.15, 0.2) is 0 Å². The standard InChI is InChI=1S/C21H28N2O5S/c1-5-16(2)22-21(24)15-23(14-17-9-7-6-8-10-17)29(25,26)20-13-18(27-3)11-12-19(20)28-4/h6-13,16H,5,14-15H2,1-4H3,(H,22,24)/t16-/m0/s1. The Hall–Kier alpha value is -2.58. The molecule has 0 saturated carbocycles. The van der Waals surface area contributed by atoms with E-state index in [1.54, 1.807) is 6.07 Å². The van der Waals surface area contributed by atoms with Crippen LogP contribution in [0.1, 0.15) is 25.8 Å². The number of nitrogens with zero attached hydrogens (tertiary/aromatic N) is 1. The summed E-state index contributed by atoms with van der Waals surface area (Å²) in [4.78, 5) is 12.4. The molecule has 1 atom stereocenters. The highest BCUT2D eigenvalue weighted by atomic mass is 32.2. The molecule has 0 aliphatic heterocycles. The zero-order chi connectivity index (χ0) is 21.4. The molecule has 158 valence electrons. The number of nitrogens with one attached hydrogen (secondary N) is 1. The van der Waals surface area contributed by atoms with Crippen LogP contribution >= 0.6 is 0 Å². The summed E-state index contributed by atoms with van der Waals surface area (Å²) >= 11 is 0. The van der Waals surface area contributed by atoms with Gasteiger partial charge in [-0.3, -0.25) is 4.79 Å². The molecule has 0 spiro atoms. The van der Waals surface area contributed by atoms with Crippen LogP contribution in [-0.4, -0.2) is 45.4 Å². The predicted molar refractivity (Wildman–Crippen MR) is 111 cm³/mol. The molecule has 0 bridgehead atoms. The number of carbonyl (C=O) groups excluding carboxylic acids is 1. The molecule has 0 aliphatic rings. The first-order chi connectivity index (χ1) is 13.8. The lowest BCUT2D eigenvalue weighted by molar-refractivity contribution is -0.122. The largest absolute Gasteiger partial charge is 0.497 e. The lowest BCUT2D eigenvalue weighted by Gasteiger charge is -2.24. The molecule has 0 radical (unpaired) electrons. The second-order valence-electron chi connectivity index (χ2n) is 6.65. The number of ether oxygens (including phenoxy) is 2. The van der Waals surface area contributed by atoms with Crippen molar-refractivity contribution in [1.82, 2.24) is 9.62 Å². The Morgan fingerprint density at radius 2 is 1.79 bits per heavy atom. The van der Waals surface area contributed by atoms with Crippen molar-refractivity contribution >= 4 is 15.9 Å². The van der Waals surface area contributed by atoms with E-state index < -0.39 is 10.0 Å². The van der Waals surface area contributed by atoms with Gasteiger partial charge in [-0.25, -0.2) is 8.42 Å². The summed E-state index contributed by atoms with van der Waals surface area (Å²) in [6.45, 7) is 3.57. The first-order valence-corrected chi connectivity index (χ1v) is 10.8.